The molecule has 0 aliphatic heterocycles. The van der Waals surface area contributed by atoms with Gasteiger partial charge >= 0.3 is 0 Å². The lowest BCUT2D eigenvalue weighted by molar-refractivity contribution is 0.649. The highest BCUT2D eigenvalue weighted by molar-refractivity contribution is 5.91. The summed E-state index contributed by atoms with van der Waals surface area (Å²) >= 11 is 0. The molecule has 0 fully saturated rings. The van der Waals surface area contributed by atoms with Crippen LogP contribution >= 0.6 is 0 Å². The molecule has 2 heteroatoms. The Labute approximate surface area is 219 Å². The zero-order chi connectivity index (χ0) is 25.9. The molecule has 0 aliphatic rings. The standard InChI is InChI=1S/C35H34N2/c1-23-13-11-14-24(2)33(23)36-21-29(27-17-7-9-19-31(27)36)35(5,6)30-22-37(32-20-10-8-18-28(30)32)34-25(3)15-12-16-26(34)4/h7-22H,1-6H3. The summed E-state index contributed by atoms with van der Waals surface area (Å²) in [5.74, 6) is 0. The molecule has 0 aliphatic carbocycles. The smallest absolute Gasteiger partial charge is 0.0531 e. The number of nitrogens with zero attached hydrogens (tertiary/aromatic N) is 2. The summed E-state index contributed by atoms with van der Waals surface area (Å²) in [6.45, 7) is 13.6. The monoisotopic (exact) mass is 482 g/mol. The minimum Gasteiger partial charge on any atom is -0.316 e. The van der Waals surface area contributed by atoms with Gasteiger partial charge in [-0.1, -0.05) is 86.6 Å². The molecule has 2 aromatic heterocycles. The predicted octanol–water partition coefficient (Wildman–Crippen LogP) is 9.13. The summed E-state index contributed by atoms with van der Waals surface area (Å²) in [6.07, 6.45) is 4.76. The van der Waals surface area contributed by atoms with Crippen molar-refractivity contribution in [2.75, 3.05) is 0 Å². The van der Waals surface area contributed by atoms with E-state index in [1.54, 1.807) is 0 Å². The molecular weight excluding hydrogens is 448 g/mol. The van der Waals surface area contributed by atoms with Gasteiger partial charge in [0.15, 0.2) is 0 Å². The van der Waals surface area contributed by atoms with E-state index in [0.29, 0.717) is 0 Å². The first-order valence-corrected chi connectivity index (χ1v) is 13.1. The van der Waals surface area contributed by atoms with E-state index in [0.717, 1.165) is 0 Å². The van der Waals surface area contributed by atoms with Crippen molar-refractivity contribution >= 4 is 21.8 Å². The van der Waals surface area contributed by atoms with E-state index in [1.165, 1.54) is 66.6 Å². The number of benzene rings is 4. The molecule has 4 aromatic carbocycles. The van der Waals surface area contributed by atoms with E-state index >= 15 is 0 Å². The number of hydrogen-bond donors (Lipinski definition) is 0. The third-order valence-electron chi connectivity index (χ3n) is 8.13. The number of hydrogen-bond acceptors (Lipinski definition) is 0. The molecule has 0 saturated heterocycles. The summed E-state index contributed by atoms with van der Waals surface area (Å²) in [5, 5.41) is 2.61. The maximum atomic E-state index is 2.40. The van der Waals surface area contributed by atoms with Crippen molar-refractivity contribution in [3.63, 3.8) is 0 Å². The van der Waals surface area contributed by atoms with Gasteiger partial charge in [-0.2, -0.15) is 0 Å². The largest absolute Gasteiger partial charge is 0.316 e. The van der Waals surface area contributed by atoms with Gasteiger partial charge in [0.2, 0.25) is 0 Å². The topological polar surface area (TPSA) is 9.86 Å². The van der Waals surface area contributed by atoms with Crippen LogP contribution < -0.4 is 0 Å². The molecule has 0 N–H and O–H groups in total. The average Bonchev–Trinajstić information content (AvgIpc) is 3.45. The first kappa shape index (κ1) is 23.4. The minimum absolute atomic E-state index is 0.219. The van der Waals surface area contributed by atoms with Crippen LogP contribution in [0.25, 0.3) is 33.2 Å². The number of aromatic nitrogens is 2. The molecule has 2 heterocycles. The van der Waals surface area contributed by atoms with Gasteiger partial charge in [0, 0.05) is 28.6 Å². The Morgan fingerprint density at radius 1 is 0.459 bits per heavy atom. The second-order valence-corrected chi connectivity index (χ2v) is 11.0. The lowest BCUT2D eigenvalue weighted by atomic mass is 9.78. The van der Waals surface area contributed by atoms with E-state index in [-0.39, 0.29) is 5.41 Å². The Kier molecular flexibility index (Phi) is 5.38. The van der Waals surface area contributed by atoms with Gasteiger partial charge in [-0.25, -0.2) is 0 Å². The maximum Gasteiger partial charge on any atom is 0.0531 e. The number of rotatable bonds is 4. The summed E-state index contributed by atoms with van der Waals surface area (Å²) < 4.78 is 4.81. The Bertz CT molecular complexity index is 1620. The highest BCUT2D eigenvalue weighted by Gasteiger charge is 2.31. The fourth-order valence-electron chi connectivity index (χ4n) is 6.24. The van der Waals surface area contributed by atoms with Crippen LogP contribution in [-0.2, 0) is 5.41 Å². The van der Waals surface area contributed by atoms with Crippen LogP contribution in [0.3, 0.4) is 0 Å². The van der Waals surface area contributed by atoms with Crippen molar-refractivity contribution in [2.45, 2.75) is 47.0 Å². The summed E-state index contributed by atoms with van der Waals surface area (Å²) in [6, 6.07) is 30.8. The minimum atomic E-state index is -0.219. The van der Waals surface area contributed by atoms with Crippen LogP contribution in [0, 0.1) is 27.7 Å². The van der Waals surface area contributed by atoms with E-state index in [4.69, 9.17) is 0 Å². The highest BCUT2D eigenvalue weighted by Crippen LogP contribution is 2.43. The Morgan fingerprint density at radius 2 is 0.811 bits per heavy atom. The van der Waals surface area contributed by atoms with Gasteiger partial charge in [0.1, 0.15) is 0 Å². The van der Waals surface area contributed by atoms with Gasteiger partial charge < -0.3 is 9.13 Å². The van der Waals surface area contributed by atoms with Crippen molar-refractivity contribution in [3.05, 3.63) is 131 Å². The summed E-state index contributed by atoms with van der Waals surface area (Å²) in [7, 11) is 0. The second-order valence-electron chi connectivity index (χ2n) is 11.0. The third kappa shape index (κ3) is 3.54. The molecule has 0 amide bonds. The van der Waals surface area contributed by atoms with Gasteiger partial charge in [-0.3, -0.25) is 0 Å². The van der Waals surface area contributed by atoms with Crippen LogP contribution in [0.15, 0.2) is 97.3 Å². The molecule has 6 rings (SSSR count). The lowest BCUT2D eigenvalue weighted by Gasteiger charge is -2.25. The van der Waals surface area contributed by atoms with E-state index in [9.17, 15) is 0 Å². The molecule has 37 heavy (non-hydrogen) atoms. The van der Waals surface area contributed by atoms with E-state index < -0.39 is 0 Å². The summed E-state index contributed by atoms with van der Waals surface area (Å²) in [5.41, 5.74) is 12.7. The van der Waals surface area contributed by atoms with Gasteiger partial charge in [-0.15, -0.1) is 0 Å². The van der Waals surface area contributed by atoms with Crippen LogP contribution in [0.4, 0.5) is 0 Å². The Balaban J connectivity index is 1.64. The first-order valence-electron chi connectivity index (χ1n) is 13.1. The fraction of sp³-hybridized carbons (Fsp3) is 0.200. The molecule has 0 spiro atoms. The van der Waals surface area contributed by atoms with Crippen molar-refractivity contribution in [3.8, 4) is 11.4 Å². The van der Waals surface area contributed by atoms with Crippen LogP contribution in [0.1, 0.15) is 47.2 Å². The molecule has 6 aromatic rings. The normalized spacial score (nSPS) is 12.1. The first-order chi connectivity index (χ1) is 17.8. The van der Waals surface area contributed by atoms with Crippen molar-refractivity contribution in [1.29, 1.82) is 0 Å². The number of fused-ring (bicyclic) bond motifs is 2. The van der Waals surface area contributed by atoms with Gasteiger partial charge in [0.25, 0.3) is 0 Å². The van der Waals surface area contributed by atoms with Gasteiger partial charge in [0.05, 0.1) is 22.4 Å². The fourth-order valence-corrected chi connectivity index (χ4v) is 6.24. The molecule has 2 nitrogen and oxygen atoms in total. The van der Waals surface area contributed by atoms with E-state index in [2.05, 4.69) is 148 Å². The average molecular weight is 483 g/mol. The Hall–Kier alpha value is -4.04. The third-order valence-corrected chi connectivity index (χ3v) is 8.13. The van der Waals surface area contributed by atoms with Crippen LogP contribution in [0.2, 0.25) is 0 Å². The maximum absolute atomic E-state index is 2.40. The summed E-state index contributed by atoms with van der Waals surface area (Å²) in [4.78, 5) is 0. The molecular formula is C35H34N2. The number of para-hydroxylation sites is 4. The predicted molar refractivity (Wildman–Crippen MR) is 158 cm³/mol. The van der Waals surface area contributed by atoms with Crippen molar-refractivity contribution < 1.29 is 0 Å². The quantitative estimate of drug-likeness (QED) is 0.237. The lowest BCUT2D eigenvalue weighted by Crippen LogP contribution is -2.18. The molecule has 0 atom stereocenters. The molecule has 0 unspecified atom stereocenters. The van der Waals surface area contributed by atoms with Crippen LogP contribution in [0.5, 0.6) is 0 Å². The van der Waals surface area contributed by atoms with E-state index in [1.807, 2.05) is 0 Å². The SMILES string of the molecule is Cc1cccc(C)c1-n1cc(C(C)(C)c2cn(-c3c(C)cccc3C)c3ccccc23)c2ccccc21. The zero-order valence-corrected chi connectivity index (χ0v) is 22.6. The van der Waals surface area contributed by atoms with Gasteiger partial charge in [-0.05, 0) is 73.2 Å². The molecule has 184 valence electrons. The Morgan fingerprint density at radius 3 is 1.19 bits per heavy atom. The highest BCUT2D eigenvalue weighted by atomic mass is 15.0. The second kappa shape index (κ2) is 8.52. The van der Waals surface area contributed by atoms with Crippen LogP contribution in [-0.4, -0.2) is 9.13 Å². The number of aryl methyl sites for hydroxylation is 4. The molecule has 0 radical (unpaired) electrons. The van der Waals surface area contributed by atoms with Crippen molar-refractivity contribution in [2.24, 2.45) is 0 Å². The molecule has 0 bridgehead atoms. The van der Waals surface area contributed by atoms with Crippen molar-refractivity contribution in [1.82, 2.24) is 9.13 Å². The molecule has 0 saturated carbocycles. The zero-order valence-electron chi connectivity index (χ0n) is 22.6.